The summed E-state index contributed by atoms with van der Waals surface area (Å²) in [7, 11) is 1.66. The number of thioether (sulfide) groups is 1. The van der Waals surface area contributed by atoms with Crippen molar-refractivity contribution in [1.82, 2.24) is 4.98 Å². The molecular formula is C18H18N2O2S2. The van der Waals surface area contributed by atoms with Crippen LogP contribution in [0.25, 0.3) is 10.2 Å². The van der Waals surface area contributed by atoms with Crippen LogP contribution in [0, 0.1) is 0 Å². The molecule has 0 aliphatic rings. The lowest BCUT2D eigenvalue weighted by atomic mass is 10.3. The summed E-state index contributed by atoms with van der Waals surface area (Å²) in [5.74, 6) is 1.78. The SMILES string of the molecule is COc1ccc(SCCCC(=O)Nc2nc3ccccc3s2)cc1. The lowest BCUT2D eigenvalue weighted by Gasteiger charge is -2.04. The Morgan fingerprint density at radius 2 is 2.00 bits per heavy atom. The molecule has 0 atom stereocenters. The molecule has 2 aromatic carbocycles. The van der Waals surface area contributed by atoms with E-state index < -0.39 is 0 Å². The molecule has 0 bridgehead atoms. The third-order valence-corrected chi connectivity index (χ3v) is 5.47. The van der Waals surface area contributed by atoms with Crippen molar-refractivity contribution >= 4 is 44.4 Å². The first-order chi connectivity index (χ1) is 11.7. The highest BCUT2D eigenvalue weighted by molar-refractivity contribution is 7.99. The van der Waals surface area contributed by atoms with E-state index >= 15 is 0 Å². The fourth-order valence-electron chi connectivity index (χ4n) is 2.20. The summed E-state index contributed by atoms with van der Waals surface area (Å²) in [6.45, 7) is 0. The molecule has 0 unspecified atom stereocenters. The van der Waals surface area contributed by atoms with Gasteiger partial charge in [-0.3, -0.25) is 4.79 Å². The van der Waals surface area contributed by atoms with Crippen molar-refractivity contribution in [2.45, 2.75) is 17.7 Å². The van der Waals surface area contributed by atoms with E-state index in [1.807, 2.05) is 48.5 Å². The summed E-state index contributed by atoms with van der Waals surface area (Å²) in [6, 6.07) is 15.8. The summed E-state index contributed by atoms with van der Waals surface area (Å²) in [6.07, 6.45) is 1.33. The van der Waals surface area contributed by atoms with E-state index in [0.29, 0.717) is 11.6 Å². The normalized spacial score (nSPS) is 10.7. The van der Waals surface area contributed by atoms with Crippen LogP contribution >= 0.6 is 23.1 Å². The molecule has 24 heavy (non-hydrogen) atoms. The second-order valence-electron chi connectivity index (χ2n) is 5.16. The molecule has 0 fully saturated rings. The molecule has 0 saturated carbocycles. The third-order valence-electron chi connectivity index (χ3n) is 3.42. The lowest BCUT2D eigenvalue weighted by Crippen LogP contribution is -2.11. The highest BCUT2D eigenvalue weighted by Gasteiger charge is 2.07. The number of aromatic nitrogens is 1. The highest BCUT2D eigenvalue weighted by atomic mass is 32.2. The summed E-state index contributed by atoms with van der Waals surface area (Å²) in [5.41, 5.74) is 0.924. The van der Waals surface area contributed by atoms with Crippen molar-refractivity contribution in [3.05, 3.63) is 48.5 Å². The fourth-order valence-corrected chi connectivity index (χ4v) is 3.94. The smallest absolute Gasteiger partial charge is 0.226 e. The Bertz CT molecular complexity index is 782. The number of carbonyl (C=O) groups is 1. The topological polar surface area (TPSA) is 51.2 Å². The van der Waals surface area contributed by atoms with E-state index in [2.05, 4.69) is 10.3 Å². The van der Waals surface area contributed by atoms with Gasteiger partial charge in [-0.15, -0.1) is 11.8 Å². The first-order valence-corrected chi connectivity index (χ1v) is 9.47. The van der Waals surface area contributed by atoms with Gasteiger partial charge in [0.1, 0.15) is 5.75 Å². The van der Waals surface area contributed by atoms with Crippen LogP contribution in [0.3, 0.4) is 0 Å². The average Bonchev–Trinajstić information content (AvgIpc) is 3.01. The quantitative estimate of drug-likeness (QED) is 0.486. The zero-order chi connectivity index (χ0) is 16.8. The van der Waals surface area contributed by atoms with Gasteiger partial charge in [0.2, 0.25) is 5.91 Å². The van der Waals surface area contributed by atoms with Gasteiger partial charge in [0.15, 0.2) is 5.13 Å². The van der Waals surface area contributed by atoms with Gasteiger partial charge in [0.05, 0.1) is 17.3 Å². The summed E-state index contributed by atoms with van der Waals surface area (Å²) < 4.78 is 6.22. The van der Waals surface area contributed by atoms with Gasteiger partial charge in [0.25, 0.3) is 0 Å². The Labute approximate surface area is 149 Å². The maximum absolute atomic E-state index is 12.0. The number of thiazole rings is 1. The van der Waals surface area contributed by atoms with Gasteiger partial charge in [-0.1, -0.05) is 23.5 Å². The number of nitrogens with one attached hydrogen (secondary N) is 1. The number of benzene rings is 2. The van der Waals surface area contributed by atoms with Crippen LogP contribution in [0.1, 0.15) is 12.8 Å². The maximum Gasteiger partial charge on any atom is 0.226 e. The van der Waals surface area contributed by atoms with Gasteiger partial charge in [0, 0.05) is 11.3 Å². The Hall–Kier alpha value is -2.05. The molecule has 1 aromatic heterocycles. The number of fused-ring (bicyclic) bond motifs is 1. The van der Waals surface area contributed by atoms with Gasteiger partial charge >= 0.3 is 0 Å². The highest BCUT2D eigenvalue weighted by Crippen LogP contribution is 2.26. The molecule has 3 rings (SSSR count). The zero-order valence-corrected chi connectivity index (χ0v) is 15.0. The van der Waals surface area contributed by atoms with Crippen molar-refractivity contribution in [2.75, 3.05) is 18.2 Å². The van der Waals surface area contributed by atoms with Crippen LogP contribution in [-0.4, -0.2) is 23.8 Å². The minimum Gasteiger partial charge on any atom is -0.497 e. The summed E-state index contributed by atoms with van der Waals surface area (Å²) >= 11 is 3.25. The second kappa shape index (κ2) is 8.17. The first kappa shape index (κ1) is 16.8. The largest absolute Gasteiger partial charge is 0.497 e. The zero-order valence-electron chi connectivity index (χ0n) is 13.3. The van der Waals surface area contributed by atoms with E-state index in [1.54, 1.807) is 18.9 Å². The Kier molecular flexibility index (Phi) is 5.72. The number of rotatable bonds is 7. The number of amides is 1. The number of carbonyl (C=O) groups excluding carboxylic acids is 1. The molecule has 1 N–H and O–H groups in total. The van der Waals surface area contributed by atoms with E-state index in [9.17, 15) is 4.79 Å². The van der Waals surface area contributed by atoms with Gasteiger partial charge in [-0.05, 0) is 48.6 Å². The number of para-hydroxylation sites is 1. The number of nitrogens with zero attached hydrogens (tertiary/aromatic N) is 1. The molecule has 1 amide bonds. The average molecular weight is 358 g/mol. The van der Waals surface area contributed by atoms with Crippen LogP contribution in [0.2, 0.25) is 0 Å². The van der Waals surface area contributed by atoms with Crippen LogP contribution in [0.4, 0.5) is 5.13 Å². The van der Waals surface area contributed by atoms with Crippen molar-refractivity contribution < 1.29 is 9.53 Å². The molecule has 6 heteroatoms. The van der Waals surface area contributed by atoms with Crippen molar-refractivity contribution in [1.29, 1.82) is 0 Å². The number of hydrogen-bond donors (Lipinski definition) is 1. The number of anilines is 1. The van der Waals surface area contributed by atoms with E-state index in [1.165, 1.54) is 16.2 Å². The van der Waals surface area contributed by atoms with Crippen molar-refractivity contribution in [3.63, 3.8) is 0 Å². The molecule has 1 heterocycles. The van der Waals surface area contributed by atoms with Gasteiger partial charge in [-0.2, -0.15) is 0 Å². The summed E-state index contributed by atoms with van der Waals surface area (Å²) in [4.78, 5) is 17.6. The number of hydrogen-bond acceptors (Lipinski definition) is 5. The standard InChI is InChI=1S/C18H18N2O2S2/c1-22-13-8-10-14(11-9-13)23-12-4-7-17(21)20-18-19-15-5-2-3-6-16(15)24-18/h2-3,5-6,8-11H,4,7,12H2,1H3,(H,19,20,21). The molecule has 0 radical (unpaired) electrons. The molecule has 124 valence electrons. The fraction of sp³-hybridized carbons (Fsp3) is 0.222. The minimum atomic E-state index is 0.0180. The maximum atomic E-state index is 12.0. The predicted molar refractivity (Wildman–Crippen MR) is 101 cm³/mol. The molecule has 4 nitrogen and oxygen atoms in total. The van der Waals surface area contributed by atoms with Crippen LogP contribution in [-0.2, 0) is 4.79 Å². The Morgan fingerprint density at radius 3 is 2.75 bits per heavy atom. The first-order valence-electron chi connectivity index (χ1n) is 7.67. The number of ether oxygens (including phenoxy) is 1. The molecule has 0 aliphatic carbocycles. The van der Waals surface area contributed by atoms with Crippen molar-refractivity contribution in [2.24, 2.45) is 0 Å². The minimum absolute atomic E-state index is 0.0180. The van der Waals surface area contributed by atoms with Crippen LogP contribution in [0.5, 0.6) is 5.75 Å². The predicted octanol–water partition coefficient (Wildman–Crippen LogP) is 4.82. The molecule has 0 saturated heterocycles. The van der Waals surface area contributed by atoms with Gasteiger partial charge in [-0.25, -0.2) is 4.98 Å². The van der Waals surface area contributed by atoms with E-state index in [4.69, 9.17) is 4.74 Å². The Morgan fingerprint density at radius 1 is 1.21 bits per heavy atom. The molecule has 3 aromatic rings. The monoisotopic (exact) mass is 358 g/mol. The van der Waals surface area contributed by atoms with Gasteiger partial charge < -0.3 is 10.1 Å². The summed E-state index contributed by atoms with van der Waals surface area (Å²) in [5, 5.41) is 3.56. The Balaban J connectivity index is 1.42. The molecule has 0 aliphatic heterocycles. The third kappa shape index (κ3) is 4.49. The molecular weight excluding hydrogens is 340 g/mol. The van der Waals surface area contributed by atoms with E-state index in [0.717, 1.165) is 28.1 Å². The second-order valence-corrected chi connectivity index (χ2v) is 7.36. The lowest BCUT2D eigenvalue weighted by molar-refractivity contribution is -0.116. The van der Waals surface area contributed by atoms with Crippen LogP contribution < -0.4 is 10.1 Å². The van der Waals surface area contributed by atoms with E-state index in [-0.39, 0.29) is 5.91 Å². The molecule has 0 spiro atoms. The number of methoxy groups -OCH3 is 1. The van der Waals surface area contributed by atoms with Crippen LogP contribution in [0.15, 0.2) is 53.4 Å². The van der Waals surface area contributed by atoms with Crippen molar-refractivity contribution in [3.8, 4) is 5.75 Å².